The zero-order valence-corrected chi connectivity index (χ0v) is 10.3. The molecule has 0 aromatic carbocycles. The highest BCUT2D eigenvalue weighted by molar-refractivity contribution is 5.87. The van der Waals surface area contributed by atoms with E-state index in [-0.39, 0.29) is 17.9 Å². The number of ether oxygens (including phenoxy) is 1. The number of carbonyl (C=O) groups is 2. The fourth-order valence-corrected chi connectivity index (χ4v) is 1.93. The first-order valence-corrected chi connectivity index (χ1v) is 5.95. The van der Waals surface area contributed by atoms with E-state index < -0.39 is 0 Å². The second kappa shape index (κ2) is 5.68. The summed E-state index contributed by atoms with van der Waals surface area (Å²) >= 11 is 0. The van der Waals surface area contributed by atoms with Gasteiger partial charge in [-0.2, -0.15) is 0 Å². The maximum atomic E-state index is 11.2. The first-order valence-electron chi connectivity index (χ1n) is 5.95. The molecule has 0 saturated carbocycles. The molecule has 0 radical (unpaired) electrons. The molecule has 2 heterocycles. The van der Waals surface area contributed by atoms with E-state index in [4.69, 9.17) is 0 Å². The fourth-order valence-electron chi connectivity index (χ4n) is 1.93. The highest BCUT2D eigenvalue weighted by Crippen LogP contribution is 2.06. The first-order chi connectivity index (χ1) is 8.69. The Morgan fingerprint density at radius 3 is 3.06 bits per heavy atom. The molecule has 1 amide bonds. The molecule has 98 valence electrons. The largest absolute Gasteiger partial charge is 0.464 e. The van der Waals surface area contributed by atoms with Crippen molar-refractivity contribution >= 4 is 11.9 Å². The highest BCUT2D eigenvalue weighted by Gasteiger charge is 2.17. The summed E-state index contributed by atoms with van der Waals surface area (Å²) in [7, 11) is 1.35. The van der Waals surface area contributed by atoms with Crippen molar-refractivity contribution in [2.45, 2.75) is 25.4 Å². The molecule has 0 aliphatic carbocycles. The third-order valence-corrected chi connectivity index (χ3v) is 3.00. The van der Waals surface area contributed by atoms with Gasteiger partial charge in [-0.25, -0.2) is 4.79 Å². The Balaban J connectivity index is 1.81. The van der Waals surface area contributed by atoms with Gasteiger partial charge in [-0.1, -0.05) is 0 Å². The molecule has 1 aliphatic rings. The molecular weight excluding hydrogens is 234 g/mol. The van der Waals surface area contributed by atoms with Crippen molar-refractivity contribution in [1.82, 2.24) is 15.6 Å². The summed E-state index contributed by atoms with van der Waals surface area (Å²) in [5.41, 5.74) is 1.37. The minimum atomic E-state index is -0.369. The van der Waals surface area contributed by atoms with E-state index in [9.17, 15) is 9.59 Å². The van der Waals surface area contributed by atoms with Gasteiger partial charge >= 0.3 is 5.97 Å². The standard InChI is InChI=1S/C12H17N3O3/c1-18-12(17)10-4-2-9(15-10)7-13-8-3-5-11(16)14-6-8/h2,4,8,13,15H,3,5-7H2,1H3,(H,14,16). The van der Waals surface area contributed by atoms with Gasteiger partial charge in [0.1, 0.15) is 5.69 Å². The maximum Gasteiger partial charge on any atom is 0.354 e. The van der Waals surface area contributed by atoms with Crippen molar-refractivity contribution in [3.05, 3.63) is 23.5 Å². The monoisotopic (exact) mass is 251 g/mol. The Labute approximate surface area is 105 Å². The topological polar surface area (TPSA) is 83.2 Å². The molecule has 1 fully saturated rings. The van der Waals surface area contributed by atoms with Gasteiger partial charge in [-0.05, 0) is 18.6 Å². The molecule has 3 N–H and O–H groups in total. The van der Waals surface area contributed by atoms with Crippen molar-refractivity contribution in [2.24, 2.45) is 0 Å². The summed E-state index contributed by atoms with van der Waals surface area (Å²) in [5.74, 6) is -0.257. The number of H-pyrrole nitrogens is 1. The zero-order valence-electron chi connectivity index (χ0n) is 10.3. The van der Waals surface area contributed by atoms with Crippen LogP contribution in [0.2, 0.25) is 0 Å². The second-order valence-electron chi connectivity index (χ2n) is 4.31. The van der Waals surface area contributed by atoms with Crippen LogP contribution in [0.1, 0.15) is 29.0 Å². The molecule has 6 heteroatoms. The van der Waals surface area contributed by atoms with E-state index in [0.29, 0.717) is 25.2 Å². The summed E-state index contributed by atoms with van der Waals surface area (Å²) in [6.07, 6.45) is 1.41. The van der Waals surface area contributed by atoms with Crippen LogP contribution >= 0.6 is 0 Å². The SMILES string of the molecule is COC(=O)c1ccc(CNC2CCC(=O)NC2)[nH]1. The van der Waals surface area contributed by atoms with Crippen LogP contribution in [0, 0.1) is 0 Å². The Morgan fingerprint density at radius 1 is 1.56 bits per heavy atom. The molecule has 1 aromatic rings. The second-order valence-corrected chi connectivity index (χ2v) is 4.31. The van der Waals surface area contributed by atoms with Gasteiger partial charge in [0, 0.05) is 31.2 Å². The molecule has 1 atom stereocenters. The van der Waals surface area contributed by atoms with Gasteiger partial charge in [0.05, 0.1) is 7.11 Å². The van der Waals surface area contributed by atoms with Crippen LogP contribution in [0.5, 0.6) is 0 Å². The lowest BCUT2D eigenvalue weighted by Gasteiger charge is -2.23. The molecule has 1 aliphatic heterocycles. The summed E-state index contributed by atoms with van der Waals surface area (Å²) in [6.45, 7) is 1.29. The van der Waals surface area contributed by atoms with Crippen LogP contribution in [0.25, 0.3) is 0 Å². The maximum absolute atomic E-state index is 11.2. The van der Waals surface area contributed by atoms with Crippen molar-refractivity contribution in [3.63, 3.8) is 0 Å². The summed E-state index contributed by atoms with van der Waals surface area (Å²) < 4.78 is 4.62. The number of hydrogen-bond acceptors (Lipinski definition) is 4. The van der Waals surface area contributed by atoms with E-state index in [0.717, 1.165) is 12.1 Å². The van der Waals surface area contributed by atoms with Gasteiger partial charge in [0.15, 0.2) is 0 Å². The average molecular weight is 251 g/mol. The lowest BCUT2D eigenvalue weighted by Crippen LogP contribution is -2.45. The average Bonchev–Trinajstić information content (AvgIpc) is 2.86. The third-order valence-electron chi connectivity index (χ3n) is 3.00. The van der Waals surface area contributed by atoms with E-state index in [1.54, 1.807) is 6.07 Å². The molecular formula is C12H17N3O3. The van der Waals surface area contributed by atoms with E-state index >= 15 is 0 Å². The van der Waals surface area contributed by atoms with Crippen LogP contribution in [0.3, 0.4) is 0 Å². The quantitative estimate of drug-likeness (QED) is 0.666. The van der Waals surface area contributed by atoms with Crippen molar-refractivity contribution in [2.75, 3.05) is 13.7 Å². The molecule has 1 saturated heterocycles. The number of aromatic amines is 1. The van der Waals surface area contributed by atoms with E-state index in [1.807, 2.05) is 6.07 Å². The van der Waals surface area contributed by atoms with Crippen LogP contribution in [0.4, 0.5) is 0 Å². The van der Waals surface area contributed by atoms with E-state index in [1.165, 1.54) is 7.11 Å². The molecule has 1 aromatic heterocycles. The Kier molecular flexibility index (Phi) is 3.99. The predicted octanol–water partition coefficient (Wildman–Crippen LogP) is 0.170. The van der Waals surface area contributed by atoms with E-state index in [2.05, 4.69) is 20.4 Å². The number of amides is 1. The zero-order chi connectivity index (χ0) is 13.0. The fraction of sp³-hybridized carbons (Fsp3) is 0.500. The summed E-state index contributed by atoms with van der Waals surface area (Å²) in [5, 5.41) is 6.15. The number of carbonyl (C=O) groups excluding carboxylic acids is 2. The first kappa shape index (κ1) is 12.6. The number of piperidine rings is 1. The normalized spacial score (nSPS) is 19.4. The lowest BCUT2D eigenvalue weighted by molar-refractivity contribution is -0.122. The Bertz CT molecular complexity index is 432. The molecule has 0 spiro atoms. The third kappa shape index (κ3) is 3.10. The van der Waals surface area contributed by atoms with Gasteiger partial charge in [0.2, 0.25) is 5.91 Å². The molecule has 2 rings (SSSR count). The van der Waals surface area contributed by atoms with Gasteiger partial charge in [-0.15, -0.1) is 0 Å². The van der Waals surface area contributed by atoms with Crippen LogP contribution in [-0.4, -0.2) is 36.6 Å². The van der Waals surface area contributed by atoms with Gasteiger partial charge < -0.3 is 20.4 Å². The Hall–Kier alpha value is -1.82. The van der Waals surface area contributed by atoms with Crippen LogP contribution in [0.15, 0.2) is 12.1 Å². The molecule has 6 nitrogen and oxygen atoms in total. The molecule has 18 heavy (non-hydrogen) atoms. The smallest absolute Gasteiger partial charge is 0.354 e. The number of esters is 1. The molecule has 0 bridgehead atoms. The number of aromatic nitrogens is 1. The summed E-state index contributed by atoms with van der Waals surface area (Å²) in [6, 6.07) is 3.83. The minimum Gasteiger partial charge on any atom is -0.464 e. The summed E-state index contributed by atoms with van der Waals surface area (Å²) in [4.78, 5) is 25.2. The van der Waals surface area contributed by atoms with Crippen molar-refractivity contribution in [3.8, 4) is 0 Å². The van der Waals surface area contributed by atoms with Gasteiger partial charge in [0.25, 0.3) is 0 Å². The highest BCUT2D eigenvalue weighted by atomic mass is 16.5. The number of rotatable bonds is 4. The minimum absolute atomic E-state index is 0.112. The number of methoxy groups -OCH3 is 1. The van der Waals surface area contributed by atoms with Gasteiger partial charge in [-0.3, -0.25) is 4.79 Å². The number of hydrogen-bond donors (Lipinski definition) is 3. The number of nitrogens with one attached hydrogen (secondary N) is 3. The van der Waals surface area contributed by atoms with Crippen molar-refractivity contribution in [1.29, 1.82) is 0 Å². The van der Waals surface area contributed by atoms with Crippen molar-refractivity contribution < 1.29 is 14.3 Å². The van der Waals surface area contributed by atoms with Crippen LogP contribution < -0.4 is 10.6 Å². The molecule has 1 unspecified atom stereocenters. The lowest BCUT2D eigenvalue weighted by atomic mass is 10.1. The Morgan fingerprint density at radius 2 is 2.39 bits per heavy atom. The van der Waals surface area contributed by atoms with Crippen LogP contribution in [-0.2, 0) is 16.1 Å². The predicted molar refractivity (Wildman–Crippen MR) is 65.0 cm³/mol.